The van der Waals surface area contributed by atoms with E-state index in [0.29, 0.717) is 62.8 Å². The Morgan fingerprint density at radius 2 is 1.73 bits per heavy atom. The van der Waals surface area contributed by atoms with Gasteiger partial charge in [-0.05, 0) is 66.1 Å². The maximum Gasteiger partial charge on any atom is 0.255 e. The van der Waals surface area contributed by atoms with E-state index in [1.807, 2.05) is 19.9 Å². The predicted octanol–water partition coefficient (Wildman–Crippen LogP) is 5.02. The first-order valence-corrected chi connectivity index (χ1v) is 12.0. The minimum absolute atomic E-state index is 0.0814. The molecule has 1 heterocycles. The number of aliphatic hydroxyl groups is 1. The second kappa shape index (κ2) is 11.3. The molecule has 0 fully saturated rings. The largest absolute Gasteiger partial charge is 0.491 e. The maximum atomic E-state index is 13.5. The Bertz CT molecular complexity index is 1430. The highest BCUT2D eigenvalue weighted by atomic mass is 19.1. The molecule has 8 heteroatoms. The lowest BCUT2D eigenvalue weighted by Gasteiger charge is -2.14. The standard InChI is InChI=1S/C29H29FN2O5/c1-17(2)16-32-28(34)20-7-10-24(36-13-12-33)22(15-20)19-6-11-25-23(14-19)26(29(35)31-3)27(37-25)18-4-8-21(30)9-5-18/h4-11,14-15,17,33H,12-13,16H2,1-3H3,(H,31,35)(H,32,34). The van der Waals surface area contributed by atoms with Crippen molar-refractivity contribution < 1.29 is 28.2 Å². The normalized spacial score (nSPS) is 11.1. The van der Waals surface area contributed by atoms with Crippen LogP contribution in [0.25, 0.3) is 33.4 Å². The fourth-order valence-electron chi connectivity index (χ4n) is 4.00. The molecule has 4 rings (SSSR count). The lowest BCUT2D eigenvalue weighted by Crippen LogP contribution is -2.27. The molecular formula is C29H29FN2O5. The van der Waals surface area contributed by atoms with Crippen molar-refractivity contribution in [3.63, 3.8) is 0 Å². The van der Waals surface area contributed by atoms with E-state index in [2.05, 4.69) is 10.6 Å². The summed E-state index contributed by atoms with van der Waals surface area (Å²) in [5.41, 5.74) is 3.13. The smallest absolute Gasteiger partial charge is 0.255 e. The van der Waals surface area contributed by atoms with E-state index in [0.717, 1.165) is 0 Å². The van der Waals surface area contributed by atoms with Crippen LogP contribution in [0.3, 0.4) is 0 Å². The first-order valence-electron chi connectivity index (χ1n) is 12.0. The molecule has 4 aromatic rings. The van der Waals surface area contributed by atoms with Crippen LogP contribution in [0.2, 0.25) is 0 Å². The summed E-state index contributed by atoms with van der Waals surface area (Å²) in [7, 11) is 1.53. The van der Waals surface area contributed by atoms with Crippen LogP contribution >= 0.6 is 0 Å². The third kappa shape index (κ3) is 5.65. The molecule has 0 saturated carbocycles. The lowest BCUT2D eigenvalue weighted by atomic mass is 9.98. The van der Waals surface area contributed by atoms with Crippen molar-refractivity contribution in [2.75, 3.05) is 26.8 Å². The van der Waals surface area contributed by atoms with Gasteiger partial charge in [-0.1, -0.05) is 19.9 Å². The van der Waals surface area contributed by atoms with E-state index in [-0.39, 0.29) is 25.0 Å². The van der Waals surface area contributed by atoms with E-state index in [1.165, 1.54) is 19.2 Å². The molecule has 3 aromatic carbocycles. The average Bonchev–Trinajstić information content (AvgIpc) is 3.29. The zero-order valence-corrected chi connectivity index (χ0v) is 20.9. The van der Waals surface area contributed by atoms with Crippen LogP contribution in [0.5, 0.6) is 5.75 Å². The molecule has 0 aliphatic carbocycles. The van der Waals surface area contributed by atoms with E-state index in [4.69, 9.17) is 9.15 Å². The Kier molecular flexibility index (Phi) is 7.89. The van der Waals surface area contributed by atoms with Crippen molar-refractivity contribution in [1.29, 1.82) is 0 Å². The molecule has 0 aliphatic rings. The van der Waals surface area contributed by atoms with Gasteiger partial charge in [0.25, 0.3) is 11.8 Å². The van der Waals surface area contributed by atoms with Crippen molar-refractivity contribution in [2.24, 2.45) is 5.92 Å². The van der Waals surface area contributed by atoms with Gasteiger partial charge in [0.1, 0.15) is 29.5 Å². The van der Waals surface area contributed by atoms with Gasteiger partial charge in [0.05, 0.1) is 12.2 Å². The monoisotopic (exact) mass is 504 g/mol. The number of carbonyl (C=O) groups excluding carboxylic acids is 2. The molecule has 0 aliphatic heterocycles. The van der Waals surface area contributed by atoms with E-state index >= 15 is 0 Å². The van der Waals surface area contributed by atoms with Crippen molar-refractivity contribution in [3.05, 3.63) is 77.6 Å². The van der Waals surface area contributed by atoms with Gasteiger partial charge in [-0.2, -0.15) is 0 Å². The van der Waals surface area contributed by atoms with E-state index < -0.39 is 5.82 Å². The molecule has 0 saturated heterocycles. The highest BCUT2D eigenvalue weighted by molar-refractivity contribution is 6.12. The molecule has 1 aromatic heterocycles. The van der Waals surface area contributed by atoms with Gasteiger partial charge in [0.15, 0.2) is 0 Å². The van der Waals surface area contributed by atoms with Crippen LogP contribution in [0, 0.1) is 11.7 Å². The summed E-state index contributed by atoms with van der Waals surface area (Å²) in [4.78, 5) is 25.7. The number of aliphatic hydroxyl groups excluding tert-OH is 1. The number of benzene rings is 3. The summed E-state index contributed by atoms with van der Waals surface area (Å²) in [5, 5.41) is 15.4. The van der Waals surface area contributed by atoms with E-state index in [9.17, 15) is 19.1 Å². The number of amides is 2. The first kappa shape index (κ1) is 25.9. The zero-order chi connectivity index (χ0) is 26.5. The summed E-state index contributed by atoms with van der Waals surface area (Å²) in [6.45, 7) is 4.49. The van der Waals surface area contributed by atoms with Crippen molar-refractivity contribution in [2.45, 2.75) is 13.8 Å². The second-order valence-electron chi connectivity index (χ2n) is 8.99. The molecule has 0 spiro atoms. The van der Waals surface area contributed by atoms with Gasteiger partial charge in [-0.25, -0.2) is 4.39 Å². The number of furan rings is 1. The number of ether oxygens (including phenoxy) is 1. The minimum atomic E-state index is -0.392. The molecule has 192 valence electrons. The molecule has 0 unspecified atom stereocenters. The first-order chi connectivity index (χ1) is 17.8. The average molecular weight is 505 g/mol. The fourth-order valence-corrected chi connectivity index (χ4v) is 4.00. The van der Waals surface area contributed by atoms with E-state index in [1.54, 1.807) is 42.5 Å². The molecule has 0 atom stereocenters. The van der Waals surface area contributed by atoms with Gasteiger partial charge in [-0.15, -0.1) is 0 Å². The number of nitrogens with one attached hydrogen (secondary N) is 2. The highest BCUT2D eigenvalue weighted by Crippen LogP contribution is 2.38. The molecule has 0 bridgehead atoms. The minimum Gasteiger partial charge on any atom is -0.491 e. The molecular weight excluding hydrogens is 475 g/mol. The van der Waals surface area contributed by atoms with Crippen molar-refractivity contribution >= 4 is 22.8 Å². The van der Waals surface area contributed by atoms with Gasteiger partial charge < -0.3 is 24.9 Å². The predicted molar refractivity (Wildman–Crippen MR) is 140 cm³/mol. The molecule has 37 heavy (non-hydrogen) atoms. The number of carbonyl (C=O) groups is 2. The number of fused-ring (bicyclic) bond motifs is 1. The second-order valence-corrected chi connectivity index (χ2v) is 8.99. The Hall–Kier alpha value is -4.17. The number of hydrogen-bond donors (Lipinski definition) is 3. The van der Waals surface area contributed by atoms with Crippen LogP contribution in [-0.4, -0.2) is 43.7 Å². The number of halogens is 1. The van der Waals surface area contributed by atoms with Gasteiger partial charge in [0, 0.05) is 35.7 Å². The number of rotatable bonds is 9. The Morgan fingerprint density at radius 1 is 1.00 bits per heavy atom. The summed E-state index contributed by atoms with van der Waals surface area (Å²) in [5.74, 6) is 0.156. The quantitative estimate of drug-likeness (QED) is 0.297. The van der Waals surface area contributed by atoms with Crippen molar-refractivity contribution in [1.82, 2.24) is 10.6 Å². The third-order valence-electron chi connectivity index (χ3n) is 5.82. The SMILES string of the molecule is CNC(=O)c1c(-c2ccc(F)cc2)oc2ccc(-c3cc(C(=O)NCC(C)C)ccc3OCCO)cc12. The van der Waals surface area contributed by atoms with Crippen molar-refractivity contribution in [3.8, 4) is 28.2 Å². The van der Waals surface area contributed by atoms with Gasteiger partial charge >= 0.3 is 0 Å². The Morgan fingerprint density at radius 3 is 2.41 bits per heavy atom. The van der Waals surface area contributed by atoms with Crippen LogP contribution in [0.15, 0.2) is 65.1 Å². The highest BCUT2D eigenvalue weighted by Gasteiger charge is 2.23. The molecule has 0 radical (unpaired) electrons. The Labute approximate surface area is 214 Å². The van der Waals surface area contributed by atoms with Gasteiger partial charge in [-0.3, -0.25) is 9.59 Å². The van der Waals surface area contributed by atoms with Crippen LogP contribution in [0.4, 0.5) is 4.39 Å². The summed E-state index contributed by atoms with van der Waals surface area (Å²) >= 11 is 0. The topological polar surface area (TPSA) is 101 Å². The maximum absolute atomic E-state index is 13.5. The fraction of sp³-hybridized carbons (Fsp3) is 0.241. The van der Waals surface area contributed by atoms with Crippen LogP contribution < -0.4 is 15.4 Å². The Balaban J connectivity index is 1.85. The summed E-state index contributed by atoms with van der Waals surface area (Å²) in [6.07, 6.45) is 0. The van der Waals surface area contributed by atoms with Gasteiger partial charge in [0.2, 0.25) is 0 Å². The van der Waals surface area contributed by atoms with Crippen LogP contribution in [-0.2, 0) is 0 Å². The summed E-state index contributed by atoms with van der Waals surface area (Å²) < 4.78 is 25.3. The van der Waals surface area contributed by atoms with Crippen LogP contribution in [0.1, 0.15) is 34.6 Å². The molecule has 7 nitrogen and oxygen atoms in total. The summed E-state index contributed by atoms with van der Waals surface area (Å²) in [6, 6.07) is 16.2. The zero-order valence-electron chi connectivity index (χ0n) is 20.9. The molecule has 3 N–H and O–H groups in total. The lowest BCUT2D eigenvalue weighted by molar-refractivity contribution is 0.0945. The third-order valence-corrected chi connectivity index (χ3v) is 5.82. The number of hydrogen-bond acceptors (Lipinski definition) is 5. The molecule has 2 amide bonds.